The van der Waals surface area contributed by atoms with Gasteiger partial charge >= 0.3 is 11.7 Å². The van der Waals surface area contributed by atoms with Crippen LogP contribution in [0.15, 0.2) is 50.9 Å². The zero-order valence-corrected chi connectivity index (χ0v) is 28.0. The number of halogens is 2. The minimum atomic E-state index is -1.43. The van der Waals surface area contributed by atoms with Crippen molar-refractivity contribution < 1.29 is 18.7 Å². The van der Waals surface area contributed by atoms with Crippen molar-refractivity contribution in [3.63, 3.8) is 0 Å². The highest BCUT2D eigenvalue weighted by Crippen LogP contribution is 2.40. The molecule has 0 spiro atoms. The highest BCUT2D eigenvalue weighted by molar-refractivity contribution is 5.94. The molecule has 3 heterocycles. The first kappa shape index (κ1) is 34.1. The number of fused-ring (bicyclic) bond motifs is 1. The zero-order chi connectivity index (χ0) is 35.0. The Balaban J connectivity index is 1.06. The van der Waals surface area contributed by atoms with E-state index in [1.165, 1.54) is 32.5 Å². The fraction of sp³-hybridized carbons (Fsp3) is 0.444. The first-order valence-corrected chi connectivity index (χ1v) is 16.9. The van der Waals surface area contributed by atoms with Gasteiger partial charge in [0.2, 0.25) is 5.43 Å². The third-order valence-corrected chi connectivity index (χ3v) is 9.81. The summed E-state index contributed by atoms with van der Waals surface area (Å²) >= 11 is 0. The number of pyridine rings is 1. The predicted molar refractivity (Wildman–Crippen MR) is 185 cm³/mol. The number of rotatable bonds is 12. The lowest BCUT2D eigenvalue weighted by molar-refractivity contribution is 0.0694. The molecule has 3 N–H and O–H groups in total. The largest absolute Gasteiger partial charge is 0.477 e. The number of anilines is 2. The summed E-state index contributed by atoms with van der Waals surface area (Å²) in [5, 5.41) is 12.4. The number of aromatic amines is 1. The number of nitrogens with zero attached hydrogens (tertiary/aromatic N) is 4. The molecule has 2 fully saturated rings. The van der Waals surface area contributed by atoms with E-state index < -0.39 is 34.3 Å². The molecule has 1 saturated heterocycles. The number of aromatic carboxylic acids is 1. The summed E-state index contributed by atoms with van der Waals surface area (Å²) in [5.74, 6) is -2.81. The molecule has 2 aliphatic rings. The van der Waals surface area contributed by atoms with Gasteiger partial charge in [0.25, 0.3) is 5.56 Å². The highest BCUT2D eigenvalue weighted by Gasteiger charge is 2.33. The van der Waals surface area contributed by atoms with Crippen molar-refractivity contribution in [1.82, 2.24) is 19.0 Å². The molecule has 0 radical (unpaired) electrons. The van der Waals surface area contributed by atoms with Crippen molar-refractivity contribution in [2.45, 2.75) is 78.0 Å². The van der Waals surface area contributed by atoms with Crippen LogP contribution in [0, 0.1) is 18.6 Å². The molecule has 260 valence electrons. The maximum atomic E-state index is 16.1. The summed E-state index contributed by atoms with van der Waals surface area (Å²) in [5.41, 5.74) is 1.02. The van der Waals surface area contributed by atoms with Crippen LogP contribution in [-0.2, 0) is 19.5 Å². The first-order valence-electron chi connectivity index (χ1n) is 16.9. The molecule has 49 heavy (non-hydrogen) atoms. The van der Waals surface area contributed by atoms with Gasteiger partial charge in [-0.3, -0.25) is 24.0 Å². The number of unbranched alkanes of at least 4 members (excludes halogenated alkanes) is 1. The van der Waals surface area contributed by atoms with Crippen LogP contribution < -0.4 is 26.9 Å². The summed E-state index contributed by atoms with van der Waals surface area (Å²) < 4.78 is 34.2. The Morgan fingerprint density at radius 1 is 1.06 bits per heavy atom. The van der Waals surface area contributed by atoms with Gasteiger partial charge in [0.15, 0.2) is 5.82 Å². The Kier molecular flexibility index (Phi) is 9.73. The number of nitrogens with one attached hydrogen (secondary N) is 2. The van der Waals surface area contributed by atoms with Gasteiger partial charge in [-0.2, -0.15) is 0 Å². The lowest BCUT2D eigenvalue weighted by Gasteiger charge is -2.41. The summed E-state index contributed by atoms with van der Waals surface area (Å²) in [6.07, 6.45) is 4.85. The van der Waals surface area contributed by atoms with E-state index in [9.17, 15) is 24.3 Å². The van der Waals surface area contributed by atoms with Crippen LogP contribution in [-0.4, -0.2) is 62.3 Å². The van der Waals surface area contributed by atoms with Crippen LogP contribution in [0.2, 0.25) is 0 Å². The van der Waals surface area contributed by atoms with E-state index in [2.05, 4.69) is 41.2 Å². The molecule has 1 aliphatic heterocycles. The second-order valence-corrected chi connectivity index (χ2v) is 13.2. The average molecular weight is 677 g/mol. The third kappa shape index (κ3) is 7.03. The minimum absolute atomic E-state index is 0.0540. The molecule has 2 aromatic carbocycles. The molecular formula is C36H42F2N6O5. The number of carboxylic acids is 1. The molecule has 2 aromatic heterocycles. The maximum absolute atomic E-state index is 16.1. The topological polar surface area (TPSA) is 133 Å². The lowest BCUT2D eigenvalue weighted by atomic mass is 10.0. The number of aryl methyl sites for hydroxylation is 2. The molecule has 6 rings (SSSR count). The minimum Gasteiger partial charge on any atom is -0.477 e. The Morgan fingerprint density at radius 3 is 2.49 bits per heavy atom. The Morgan fingerprint density at radius 2 is 1.82 bits per heavy atom. The van der Waals surface area contributed by atoms with Gasteiger partial charge in [0.05, 0.1) is 10.9 Å². The summed E-state index contributed by atoms with van der Waals surface area (Å²) in [6, 6.07) is 8.39. The van der Waals surface area contributed by atoms with Crippen molar-refractivity contribution in [1.29, 1.82) is 0 Å². The molecule has 4 aromatic rings. The Labute approximate surface area is 281 Å². The first-order chi connectivity index (χ1) is 23.5. The number of hydrogen-bond donors (Lipinski definition) is 3. The molecule has 11 nitrogen and oxygen atoms in total. The van der Waals surface area contributed by atoms with Gasteiger partial charge in [-0.1, -0.05) is 25.1 Å². The van der Waals surface area contributed by atoms with Crippen molar-refractivity contribution in [2.24, 2.45) is 0 Å². The van der Waals surface area contributed by atoms with E-state index in [-0.39, 0.29) is 40.8 Å². The van der Waals surface area contributed by atoms with Crippen molar-refractivity contribution >= 4 is 28.4 Å². The molecule has 1 aliphatic carbocycles. The van der Waals surface area contributed by atoms with Crippen LogP contribution in [0.5, 0.6) is 0 Å². The van der Waals surface area contributed by atoms with Crippen LogP contribution in [0.1, 0.15) is 72.6 Å². The van der Waals surface area contributed by atoms with Crippen LogP contribution in [0.4, 0.5) is 20.3 Å². The van der Waals surface area contributed by atoms with E-state index in [0.29, 0.717) is 51.4 Å². The van der Waals surface area contributed by atoms with Crippen LogP contribution in [0.25, 0.3) is 10.9 Å². The normalized spacial score (nSPS) is 16.8. The smallest absolute Gasteiger partial charge is 0.341 e. The zero-order valence-electron chi connectivity index (χ0n) is 28.0. The van der Waals surface area contributed by atoms with Gasteiger partial charge in [-0.15, -0.1) is 0 Å². The molecule has 1 atom stereocenters. The van der Waals surface area contributed by atoms with Gasteiger partial charge in [-0.25, -0.2) is 18.4 Å². The highest BCUT2D eigenvalue weighted by atomic mass is 19.1. The standard InChI is InChI=1S/C36H42F2N6O5/c1-4-24-15-23(8-7-21(24)2)18-39-29-17-30(45)43(36(49)40-29)12-6-5-11-41-13-14-42(19-22(41)3)33-28(37)16-26-32(31(33)38)44(25-9-10-25)20-27(34(26)46)35(47)48/h7-8,15-17,20,22,25,39H,4-6,9-14,18-19H2,1-3H3,(H,40,49)(H,47,48). The van der Waals surface area contributed by atoms with Gasteiger partial charge in [-0.05, 0) is 75.3 Å². The van der Waals surface area contributed by atoms with Crippen LogP contribution >= 0.6 is 0 Å². The number of H-pyrrole nitrogens is 1. The van der Waals surface area contributed by atoms with Crippen molar-refractivity contribution in [3.8, 4) is 0 Å². The Hall–Kier alpha value is -4.78. The monoisotopic (exact) mass is 676 g/mol. The summed E-state index contributed by atoms with van der Waals surface area (Å²) in [4.78, 5) is 56.6. The number of benzene rings is 2. The molecule has 0 amide bonds. The van der Waals surface area contributed by atoms with Crippen molar-refractivity contribution in [3.05, 3.63) is 101 Å². The average Bonchev–Trinajstić information content (AvgIpc) is 3.90. The summed E-state index contributed by atoms with van der Waals surface area (Å²) in [7, 11) is 0. The fourth-order valence-corrected chi connectivity index (χ4v) is 6.87. The molecule has 13 heteroatoms. The number of hydrogen-bond acceptors (Lipinski definition) is 7. The van der Waals surface area contributed by atoms with E-state index in [0.717, 1.165) is 30.9 Å². The van der Waals surface area contributed by atoms with E-state index in [1.807, 2.05) is 13.0 Å². The quantitative estimate of drug-likeness (QED) is 0.185. The van der Waals surface area contributed by atoms with Gasteiger partial charge in [0.1, 0.15) is 22.9 Å². The molecule has 0 bridgehead atoms. The van der Waals surface area contributed by atoms with Gasteiger partial charge < -0.3 is 19.9 Å². The lowest BCUT2D eigenvalue weighted by Crippen LogP contribution is -2.52. The molecule has 1 unspecified atom stereocenters. The van der Waals surface area contributed by atoms with E-state index in [4.69, 9.17) is 0 Å². The SMILES string of the molecule is CCc1cc(CNc2cc(=O)n(CCCCN3CCN(c4c(F)cc5c(=O)c(C(=O)O)cn(C6CC6)c5c4F)CC3C)c(=O)[nH]2)ccc1C. The summed E-state index contributed by atoms with van der Waals surface area (Å²) in [6.45, 7) is 8.80. The molecular weight excluding hydrogens is 634 g/mol. The number of aromatic nitrogens is 3. The second kappa shape index (κ2) is 14.0. The molecule has 1 saturated carbocycles. The van der Waals surface area contributed by atoms with E-state index in [1.54, 1.807) is 4.90 Å². The third-order valence-electron chi connectivity index (χ3n) is 9.81. The second-order valence-electron chi connectivity index (χ2n) is 13.2. The van der Waals surface area contributed by atoms with E-state index >= 15 is 8.78 Å². The van der Waals surface area contributed by atoms with Crippen molar-refractivity contribution in [2.75, 3.05) is 36.4 Å². The Bertz CT molecular complexity index is 2050. The number of piperazine rings is 1. The van der Waals surface area contributed by atoms with Crippen LogP contribution in [0.3, 0.4) is 0 Å². The fourth-order valence-electron chi connectivity index (χ4n) is 6.87. The number of carbonyl (C=O) groups is 1. The predicted octanol–water partition coefficient (Wildman–Crippen LogP) is 4.64. The number of carboxylic acid groups (broad SMARTS) is 1. The van der Waals surface area contributed by atoms with Gasteiger partial charge in [0, 0.05) is 57.1 Å². The maximum Gasteiger partial charge on any atom is 0.341 e.